The minimum atomic E-state index is -0.273. The number of benzene rings is 1. The average Bonchev–Trinajstić information content (AvgIpc) is 2.80. The summed E-state index contributed by atoms with van der Waals surface area (Å²) in [4.78, 5) is 5.00. The Labute approximate surface area is 103 Å². The first kappa shape index (κ1) is 12.0. The molecule has 0 aliphatic heterocycles. The number of rotatable bonds is 5. The number of ether oxygens (including phenoxy) is 1. The average molecular weight is 253 g/mol. The highest BCUT2D eigenvalue weighted by atomic mass is 32.1. The van der Waals surface area contributed by atoms with Gasteiger partial charge >= 0.3 is 0 Å². The van der Waals surface area contributed by atoms with Crippen LogP contribution in [0.5, 0.6) is 5.75 Å². The number of nitrogens with zero attached hydrogens (tertiary/aromatic N) is 1. The van der Waals surface area contributed by atoms with Gasteiger partial charge in [0.15, 0.2) is 0 Å². The Morgan fingerprint density at radius 1 is 1.29 bits per heavy atom. The van der Waals surface area contributed by atoms with Crippen LogP contribution in [0.1, 0.15) is 9.88 Å². The summed E-state index contributed by atoms with van der Waals surface area (Å²) in [5, 5.41) is 9.81. The molecule has 2 rings (SSSR count). The first-order chi connectivity index (χ1) is 8.28. The highest BCUT2D eigenvalue weighted by molar-refractivity contribution is 7.11. The van der Waals surface area contributed by atoms with Crippen molar-refractivity contribution in [1.82, 2.24) is 4.98 Å². The van der Waals surface area contributed by atoms with Crippen LogP contribution >= 0.6 is 11.3 Å². The second-order valence-electron chi connectivity index (χ2n) is 3.43. The van der Waals surface area contributed by atoms with E-state index in [0.29, 0.717) is 18.8 Å². The molecule has 0 bridgehead atoms. The molecule has 0 radical (unpaired) electrons. The molecule has 1 aromatic heterocycles. The van der Waals surface area contributed by atoms with Gasteiger partial charge in [-0.25, -0.2) is 9.37 Å². The van der Waals surface area contributed by atoms with Crippen LogP contribution in [0.25, 0.3) is 0 Å². The zero-order chi connectivity index (χ0) is 12.1. The lowest BCUT2D eigenvalue weighted by atomic mass is 10.3. The Balaban J connectivity index is 1.81. The molecule has 0 saturated heterocycles. The maximum absolute atomic E-state index is 12.6. The second kappa shape index (κ2) is 5.75. The van der Waals surface area contributed by atoms with Gasteiger partial charge in [-0.2, -0.15) is 0 Å². The SMILES string of the molecule is OCc1cnc(CCOc2ccc(F)cc2)s1. The lowest BCUT2D eigenvalue weighted by Crippen LogP contribution is -2.00. The highest BCUT2D eigenvalue weighted by Gasteiger charge is 2.01. The lowest BCUT2D eigenvalue weighted by molar-refractivity contribution is 0.285. The fourth-order valence-electron chi connectivity index (χ4n) is 1.32. The monoisotopic (exact) mass is 253 g/mol. The molecule has 0 unspecified atom stereocenters. The zero-order valence-electron chi connectivity index (χ0n) is 9.10. The Kier molecular flexibility index (Phi) is 4.06. The molecule has 0 amide bonds. The Hall–Kier alpha value is -1.46. The minimum Gasteiger partial charge on any atom is -0.493 e. The van der Waals surface area contributed by atoms with Gasteiger partial charge in [-0.15, -0.1) is 11.3 Å². The van der Waals surface area contributed by atoms with Gasteiger partial charge in [0.2, 0.25) is 0 Å². The maximum atomic E-state index is 12.6. The topological polar surface area (TPSA) is 42.4 Å². The summed E-state index contributed by atoms with van der Waals surface area (Å²) in [5.41, 5.74) is 0. The fourth-order valence-corrected chi connectivity index (χ4v) is 2.09. The predicted molar refractivity (Wildman–Crippen MR) is 63.6 cm³/mol. The van der Waals surface area contributed by atoms with Crippen molar-refractivity contribution >= 4 is 11.3 Å². The standard InChI is InChI=1S/C12H12FNO2S/c13-9-1-3-10(4-2-9)16-6-5-12-14-7-11(8-15)17-12/h1-4,7,15H,5-6,8H2. The van der Waals surface area contributed by atoms with Gasteiger partial charge in [0, 0.05) is 12.6 Å². The van der Waals surface area contributed by atoms with Gasteiger partial charge < -0.3 is 9.84 Å². The summed E-state index contributed by atoms with van der Waals surface area (Å²) in [7, 11) is 0. The van der Waals surface area contributed by atoms with Crippen molar-refractivity contribution in [2.24, 2.45) is 0 Å². The number of aliphatic hydroxyl groups is 1. The smallest absolute Gasteiger partial charge is 0.123 e. The van der Waals surface area contributed by atoms with E-state index in [2.05, 4.69) is 4.98 Å². The molecular formula is C12H12FNO2S. The van der Waals surface area contributed by atoms with Crippen LogP contribution < -0.4 is 4.74 Å². The van der Waals surface area contributed by atoms with Crippen LogP contribution in [-0.4, -0.2) is 16.7 Å². The van der Waals surface area contributed by atoms with E-state index in [1.165, 1.54) is 23.5 Å². The van der Waals surface area contributed by atoms with Crippen molar-refractivity contribution in [3.05, 3.63) is 46.2 Å². The summed E-state index contributed by atoms with van der Waals surface area (Å²) < 4.78 is 18.1. The van der Waals surface area contributed by atoms with E-state index in [-0.39, 0.29) is 12.4 Å². The van der Waals surface area contributed by atoms with Gasteiger partial charge in [0.25, 0.3) is 0 Å². The predicted octanol–water partition coefficient (Wildman–Crippen LogP) is 2.40. The zero-order valence-corrected chi connectivity index (χ0v) is 9.91. The number of hydrogen-bond acceptors (Lipinski definition) is 4. The van der Waals surface area contributed by atoms with Crippen LogP contribution in [0.3, 0.4) is 0 Å². The molecular weight excluding hydrogens is 241 g/mol. The van der Waals surface area contributed by atoms with Crippen LogP contribution in [-0.2, 0) is 13.0 Å². The number of aliphatic hydroxyl groups excluding tert-OH is 1. The summed E-state index contributed by atoms with van der Waals surface area (Å²) in [6.07, 6.45) is 2.35. The fraction of sp³-hybridized carbons (Fsp3) is 0.250. The van der Waals surface area contributed by atoms with Gasteiger partial charge in [-0.3, -0.25) is 0 Å². The first-order valence-electron chi connectivity index (χ1n) is 5.21. The second-order valence-corrected chi connectivity index (χ2v) is 4.63. The van der Waals surface area contributed by atoms with Crippen LogP contribution in [0.2, 0.25) is 0 Å². The summed E-state index contributed by atoms with van der Waals surface area (Å²) in [6.45, 7) is 0.514. The largest absolute Gasteiger partial charge is 0.493 e. The lowest BCUT2D eigenvalue weighted by Gasteiger charge is -2.04. The molecule has 0 aliphatic rings. The third kappa shape index (κ3) is 3.51. The van der Waals surface area contributed by atoms with Gasteiger partial charge in [0.1, 0.15) is 11.6 Å². The van der Waals surface area contributed by atoms with Crippen molar-refractivity contribution in [3.63, 3.8) is 0 Å². The molecule has 17 heavy (non-hydrogen) atoms. The molecule has 0 atom stereocenters. The van der Waals surface area contributed by atoms with Crippen molar-refractivity contribution in [3.8, 4) is 5.75 Å². The van der Waals surface area contributed by atoms with E-state index < -0.39 is 0 Å². The van der Waals surface area contributed by atoms with E-state index >= 15 is 0 Å². The molecule has 3 nitrogen and oxygen atoms in total. The van der Waals surface area contributed by atoms with Crippen LogP contribution in [0.4, 0.5) is 4.39 Å². The number of aromatic nitrogens is 1. The van der Waals surface area contributed by atoms with E-state index in [9.17, 15) is 4.39 Å². The third-order valence-electron chi connectivity index (χ3n) is 2.16. The number of halogens is 1. The van der Waals surface area contributed by atoms with Crippen molar-refractivity contribution < 1.29 is 14.2 Å². The summed E-state index contributed by atoms with van der Waals surface area (Å²) in [5.74, 6) is 0.371. The molecule has 0 fully saturated rings. The van der Waals surface area contributed by atoms with Crippen molar-refractivity contribution in [2.45, 2.75) is 13.0 Å². The molecule has 0 aliphatic carbocycles. The summed E-state index contributed by atoms with van der Waals surface area (Å²) in [6, 6.07) is 5.91. The van der Waals surface area contributed by atoms with Crippen LogP contribution in [0.15, 0.2) is 30.5 Å². The van der Waals surface area contributed by atoms with E-state index in [1.54, 1.807) is 18.3 Å². The Morgan fingerprint density at radius 3 is 2.71 bits per heavy atom. The van der Waals surface area contributed by atoms with Gasteiger partial charge in [0.05, 0.1) is 23.1 Å². The van der Waals surface area contributed by atoms with Crippen LogP contribution in [0, 0.1) is 5.82 Å². The molecule has 0 saturated carbocycles. The maximum Gasteiger partial charge on any atom is 0.123 e. The minimum absolute atomic E-state index is 0.0243. The molecule has 0 spiro atoms. The van der Waals surface area contributed by atoms with Gasteiger partial charge in [-0.1, -0.05) is 0 Å². The third-order valence-corrected chi connectivity index (χ3v) is 3.20. The van der Waals surface area contributed by atoms with Crippen molar-refractivity contribution in [2.75, 3.05) is 6.61 Å². The normalized spacial score (nSPS) is 10.5. The molecule has 1 aromatic carbocycles. The molecule has 2 aromatic rings. The first-order valence-corrected chi connectivity index (χ1v) is 6.02. The van der Waals surface area contributed by atoms with E-state index in [1.807, 2.05) is 0 Å². The quantitative estimate of drug-likeness (QED) is 0.889. The van der Waals surface area contributed by atoms with Crippen molar-refractivity contribution in [1.29, 1.82) is 0 Å². The Bertz CT molecular complexity index is 470. The molecule has 90 valence electrons. The number of hydrogen-bond donors (Lipinski definition) is 1. The van der Waals surface area contributed by atoms with E-state index in [0.717, 1.165) is 9.88 Å². The van der Waals surface area contributed by atoms with Gasteiger partial charge in [-0.05, 0) is 24.3 Å². The molecule has 1 N–H and O–H groups in total. The Morgan fingerprint density at radius 2 is 2.06 bits per heavy atom. The van der Waals surface area contributed by atoms with E-state index in [4.69, 9.17) is 9.84 Å². The number of thiazole rings is 1. The highest BCUT2D eigenvalue weighted by Crippen LogP contribution is 2.15. The molecule has 5 heteroatoms. The molecule has 1 heterocycles. The summed E-state index contributed by atoms with van der Waals surface area (Å²) >= 11 is 1.47.